The zero-order chi connectivity index (χ0) is 20.8. The Hall–Kier alpha value is -3.12. The number of carbonyl (C=O) groups is 2. The van der Waals surface area contributed by atoms with Gasteiger partial charge in [0.15, 0.2) is 0 Å². The molecule has 0 unspecified atom stereocenters. The van der Waals surface area contributed by atoms with Gasteiger partial charge < -0.3 is 15.4 Å². The summed E-state index contributed by atoms with van der Waals surface area (Å²) in [5.41, 5.74) is 2.92. The van der Waals surface area contributed by atoms with E-state index in [2.05, 4.69) is 22.8 Å². The fourth-order valence-corrected chi connectivity index (χ4v) is 4.15. The largest absolute Gasteiger partial charge is 0.492 e. The van der Waals surface area contributed by atoms with Crippen molar-refractivity contribution in [2.75, 3.05) is 18.5 Å². The van der Waals surface area contributed by atoms with Gasteiger partial charge in [-0.3, -0.25) is 9.59 Å². The highest BCUT2D eigenvalue weighted by Crippen LogP contribution is 2.30. The summed E-state index contributed by atoms with van der Waals surface area (Å²) in [6.45, 7) is 1.02. The number of nitrogens with one attached hydrogen (secondary N) is 2. The first-order valence-corrected chi connectivity index (χ1v) is 11.0. The fraction of sp³-hybridized carbons (Fsp3) is 0.250. The first-order valence-electron chi connectivity index (χ1n) is 10.1. The maximum Gasteiger partial charge on any atom is 0.265 e. The third-order valence-corrected chi connectivity index (χ3v) is 5.99. The summed E-state index contributed by atoms with van der Waals surface area (Å²) in [5, 5.41) is 7.82. The Kier molecular flexibility index (Phi) is 6.44. The molecule has 0 saturated heterocycles. The number of hydrogen-bond donors (Lipinski definition) is 2. The minimum atomic E-state index is -0.225. The maximum atomic E-state index is 12.6. The topological polar surface area (TPSA) is 67.4 Å². The Balaban J connectivity index is 1.29. The number of amides is 2. The minimum absolute atomic E-state index is 0.0155. The van der Waals surface area contributed by atoms with Gasteiger partial charge in [-0.15, -0.1) is 11.3 Å². The first kappa shape index (κ1) is 20.2. The number of anilines is 1. The second kappa shape index (κ2) is 9.59. The maximum absolute atomic E-state index is 12.6. The molecule has 2 heterocycles. The van der Waals surface area contributed by atoms with Gasteiger partial charge >= 0.3 is 0 Å². The van der Waals surface area contributed by atoms with Gasteiger partial charge in [-0.25, -0.2) is 0 Å². The molecule has 3 aromatic rings. The molecule has 0 radical (unpaired) electrons. The van der Waals surface area contributed by atoms with E-state index in [1.165, 1.54) is 16.9 Å². The van der Waals surface area contributed by atoms with Crippen molar-refractivity contribution in [1.29, 1.82) is 0 Å². The van der Waals surface area contributed by atoms with E-state index in [1.54, 1.807) is 6.07 Å². The molecular formula is C24H24N2O3S. The summed E-state index contributed by atoms with van der Waals surface area (Å²) in [6.07, 6.45) is 2.44. The second-order valence-electron chi connectivity index (χ2n) is 7.35. The highest BCUT2D eigenvalue weighted by Gasteiger charge is 2.26. The Labute approximate surface area is 180 Å². The highest BCUT2D eigenvalue weighted by atomic mass is 32.1. The summed E-state index contributed by atoms with van der Waals surface area (Å²) in [7, 11) is 0. The van der Waals surface area contributed by atoms with Gasteiger partial charge in [0, 0.05) is 12.2 Å². The van der Waals surface area contributed by atoms with Crippen molar-refractivity contribution < 1.29 is 14.3 Å². The van der Waals surface area contributed by atoms with Crippen molar-refractivity contribution in [3.63, 3.8) is 0 Å². The van der Waals surface area contributed by atoms with Crippen LogP contribution < -0.4 is 15.4 Å². The number of carbonyl (C=O) groups excluding carboxylic acids is 2. The lowest BCUT2D eigenvalue weighted by atomic mass is 9.95. The predicted octanol–water partition coefficient (Wildman–Crippen LogP) is 4.30. The fourth-order valence-electron chi connectivity index (χ4n) is 3.53. The molecule has 2 amide bonds. The molecule has 154 valence electrons. The Bertz CT molecular complexity index is 1000. The lowest BCUT2D eigenvalue weighted by Gasteiger charge is -2.25. The molecule has 0 saturated carbocycles. The van der Waals surface area contributed by atoms with Crippen LogP contribution in [0.5, 0.6) is 5.75 Å². The van der Waals surface area contributed by atoms with Crippen molar-refractivity contribution in [2.45, 2.75) is 19.3 Å². The van der Waals surface area contributed by atoms with Crippen molar-refractivity contribution in [2.24, 2.45) is 5.92 Å². The van der Waals surface area contributed by atoms with Crippen molar-refractivity contribution >= 4 is 28.8 Å². The van der Waals surface area contributed by atoms with Crippen LogP contribution in [0.1, 0.15) is 27.2 Å². The second-order valence-corrected chi connectivity index (χ2v) is 8.29. The monoisotopic (exact) mass is 420 g/mol. The van der Waals surface area contributed by atoms with Crippen molar-refractivity contribution in [1.82, 2.24) is 5.32 Å². The van der Waals surface area contributed by atoms with E-state index in [-0.39, 0.29) is 17.7 Å². The van der Waals surface area contributed by atoms with Crippen molar-refractivity contribution in [3.05, 3.63) is 82.0 Å². The van der Waals surface area contributed by atoms with E-state index >= 15 is 0 Å². The van der Waals surface area contributed by atoms with Gasteiger partial charge in [-0.05, 0) is 60.0 Å². The van der Waals surface area contributed by atoms with Crippen LogP contribution in [-0.2, 0) is 17.6 Å². The highest BCUT2D eigenvalue weighted by molar-refractivity contribution is 7.12. The molecule has 0 bridgehead atoms. The lowest BCUT2D eigenvalue weighted by molar-refractivity contribution is -0.126. The van der Waals surface area contributed by atoms with Crippen LogP contribution >= 0.6 is 11.3 Å². The predicted molar refractivity (Wildman–Crippen MR) is 119 cm³/mol. The number of aryl methyl sites for hydroxylation is 1. The first-order chi connectivity index (χ1) is 14.7. The van der Waals surface area contributed by atoms with E-state index in [9.17, 15) is 9.59 Å². The molecule has 30 heavy (non-hydrogen) atoms. The summed E-state index contributed by atoms with van der Waals surface area (Å²) in [6, 6.07) is 19.5. The third-order valence-electron chi connectivity index (χ3n) is 5.12. The number of thiophene rings is 1. The normalized spacial score (nSPS) is 15.0. The Morgan fingerprint density at radius 1 is 1.07 bits per heavy atom. The standard InChI is InChI=1S/C24H24N2O3S/c27-23(25-12-4-8-17-6-2-1-3-7-17)19-14-18-15-20(10-11-21(18)29-16-19)26-24(28)22-9-5-13-30-22/h1-3,5-7,9-11,13,15,19H,4,8,12,14,16H2,(H,25,27)(H,26,28)/t19-/m1/s1. The molecule has 5 nitrogen and oxygen atoms in total. The molecular weight excluding hydrogens is 396 g/mol. The van der Waals surface area contributed by atoms with E-state index in [4.69, 9.17) is 4.74 Å². The number of fused-ring (bicyclic) bond motifs is 1. The van der Waals surface area contributed by atoms with E-state index < -0.39 is 0 Å². The number of hydrogen-bond acceptors (Lipinski definition) is 4. The SMILES string of the molecule is O=C(Nc1ccc2c(c1)C[C@@H](C(=O)NCCCc1ccccc1)CO2)c1cccs1. The van der Waals surface area contributed by atoms with Crippen molar-refractivity contribution in [3.8, 4) is 5.75 Å². The average Bonchev–Trinajstić information content (AvgIpc) is 3.32. The molecule has 4 rings (SSSR count). The lowest BCUT2D eigenvalue weighted by Crippen LogP contribution is -2.37. The van der Waals surface area contributed by atoms with Crippen LogP contribution in [0.25, 0.3) is 0 Å². The van der Waals surface area contributed by atoms with Gasteiger partial charge in [0.2, 0.25) is 5.91 Å². The molecule has 0 fully saturated rings. The van der Waals surface area contributed by atoms with E-state index in [0.29, 0.717) is 30.1 Å². The molecule has 6 heteroatoms. The van der Waals surface area contributed by atoms with Crippen LogP contribution in [0, 0.1) is 5.92 Å². The molecule has 2 aromatic carbocycles. The number of rotatable bonds is 7. The van der Waals surface area contributed by atoms with Gasteiger partial charge in [0.05, 0.1) is 10.8 Å². The number of benzene rings is 2. The molecule has 2 N–H and O–H groups in total. The molecule has 1 aliphatic heterocycles. The Morgan fingerprint density at radius 3 is 2.73 bits per heavy atom. The van der Waals surface area contributed by atoms with Gasteiger partial charge in [0.25, 0.3) is 5.91 Å². The van der Waals surface area contributed by atoms with Crippen LogP contribution in [0.4, 0.5) is 5.69 Å². The zero-order valence-corrected chi connectivity index (χ0v) is 17.4. The van der Waals surface area contributed by atoms with Gasteiger partial charge in [-0.1, -0.05) is 36.4 Å². The quantitative estimate of drug-likeness (QED) is 0.560. The third kappa shape index (κ3) is 5.07. The summed E-state index contributed by atoms with van der Waals surface area (Å²) in [5.74, 6) is 0.436. The summed E-state index contributed by atoms with van der Waals surface area (Å²) >= 11 is 1.40. The molecule has 0 spiro atoms. The molecule has 1 aliphatic rings. The summed E-state index contributed by atoms with van der Waals surface area (Å²) < 4.78 is 5.79. The van der Waals surface area contributed by atoms with E-state index in [0.717, 1.165) is 24.2 Å². The van der Waals surface area contributed by atoms with E-state index in [1.807, 2.05) is 47.8 Å². The summed E-state index contributed by atoms with van der Waals surface area (Å²) in [4.78, 5) is 25.5. The van der Waals surface area contributed by atoms with Crippen LogP contribution in [0.15, 0.2) is 66.0 Å². The van der Waals surface area contributed by atoms with Crippen LogP contribution in [0.3, 0.4) is 0 Å². The minimum Gasteiger partial charge on any atom is -0.492 e. The molecule has 1 atom stereocenters. The average molecular weight is 421 g/mol. The van der Waals surface area contributed by atoms with Gasteiger partial charge in [-0.2, -0.15) is 0 Å². The molecule has 1 aromatic heterocycles. The molecule has 0 aliphatic carbocycles. The van der Waals surface area contributed by atoms with Crippen LogP contribution in [-0.4, -0.2) is 25.0 Å². The Morgan fingerprint density at radius 2 is 1.93 bits per heavy atom. The zero-order valence-electron chi connectivity index (χ0n) is 16.6. The van der Waals surface area contributed by atoms with Crippen LogP contribution in [0.2, 0.25) is 0 Å². The smallest absolute Gasteiger partial charge is 0.265 e. The van der Waals surface area contributed by atoms with Gasteiger partial charge in [0.1, 0.15) is 12.4 Å². The number of ether oxygens (including phenoxy) is 1.